The zero-order valence-electron chi connectivity index (χ0n) is 18.9. The number of halogens is 4. The van der Waals surface area contributed by atoms with E-state index in [1.165, 1.54) is 12.1 Å². The van der Waals surface area contributed by atoms with Crippen LogP contribution in [0.4, 0.5) is 8.78 Å². The fourth-order valence-corrected chi connectivity index (χ4v) is 4.78. The molecule has 1 aliphatic heterocycles. The number of hydrogen-bond donors (Lipinski definition) is 1. The standard InChI is InChI=1S/C25H30Cl2F2N2/c1-7-16(26)11-20(28)22(15(2)3)25(14-30)18(13-31-21(25)12-24(4,5)6)17-9-8-10-19(27)23(17)29/h7-11,18,21,31H,12-13H2,1-6H3/b16-7+,20-11+/t18-,21+,25-/m1/s1. The molecule has 0 amide bonds. The summed E-state index contributed by atoms with van der Waals surface area (Å²) in [7, 11) is 0. The molecule has 0 spiro atoms. The molecule has 0 aliphatic carbocycles. The first-order valence-electron chi connectivity index (χ1n) is 10.3. The lowest BCUT2D eigenvalue weighted by atomic mass is 9.62. The summed E-state index contributed by atoms with van der Waals surface area (Å²) in [5.41, 5.74) is -0.287. The predicted octanol–water partition coefficient (Wildman–Crippen LogP) is 7.81. The Hall–Kier alpha value is -1.67. The molecule has 0 aromatic heterocycles. The molecule has 0 radical (unpaired) electrons. The number of nitrogens with one attached hydrogen (secondary N) is 1. The van der Waals surface area contributed by atoms with Gasteiger partial charge >= 0.3 is 0 Å². The van der Waals surface area contributed by atoms with Gasteiger partial charge < -0.3 is 5.32 Å². The van der Waals surface area contributed by atoms with E-state index in [-0.39, 0.29) is 21.0 Å². The van der Waals surface area contributed by atoms with Crippen LogP contribution in [0.25, 0.3) is 0 Å². The summed E-state index contributed by atoms with van der Waals surface area (Å²) in [5.74, 6) is -1.78. The Balaban J connectivity index is 2.85. The summed E-state index contributed by atoms with van der Waals surface area (Å²) in [6.07, 6.45) is 3.40. The second-order valence-corrected chi connectivity index (χ2v) is 10.3. The average molecular weight is 467 g/mol. The van der Waals surface area contributed by atoms with Crippen molar-refractivity contribution in [1.29, 1.82) is 5.26 Å². The molecule has 0 bridgehead atoms. The molecule has 1 fully saturated rings. The number of benzene rings is 1. The molecular weight excluding hydrogens is 437 g/mol. The first kappa shape index (κ1) is 25.6. The maximum Gasteiger partial charge on any atom is 0.145 e. The fourth-order valence-electron chi connectivity index (χ4n) is 4.50. The second-order valence-electron chi connectivity index (χ2n) is 9.44. The van der Waals surface area contributed by atoms with Crippen molar-refractivity contribution in [3.05, 3.63) is 68.8 Å². The van der Waals surface area contributed by atoms with E-state index in [0.717, 1.165) is 0 Å². The van der Waals surface area contributed by atoms with Crippen LogP contribution in [0.2, 0.25) is 5.02 Å². The van der Waals surface area contributed by atoms with Crippen LogP contribution in [0.15, 0.2) is 52.4 Å². The van der Waals surface area contributed by atoms with Crippen molar-refractivity contribution in [2.45, 2.75) is 59.9 Å². The minimum Gasteiger partial charge on any atom is -0.311 e. The number of hydrogen-bond acceptors (Lipinski definition) is 2. The van der Waals surface area contributed by atoms with Crippen LogP contribution >= 0.6 is 23.2 Å². The van der Waals surface area contributed by atoms with Crippen molar-refractivity contribution >= 4 is 23.2 Å². The van der Waals surface area contributed by atoms with E-state index in [0.29, 0.717) is 24.1 Å². The lowest BCUT2D eigenvalue weighted by molar-refractivity contribution is 0.254. The zero-order chi connectivity index (χ0) is 23.6. The maximum atomic E-state index is 15.7. The van der Waals surface area contributed by atoms with Crippen LogP contribution in [-0.2, 0) is 0 Å². The third-order valence-electron chi connectivity index (χ3n) is 5.72. The van der Waals surface area contributed by atoms with Gasteiger partial charge in [0.15, 0.2) is 0 Å². The van der Waals surface area contributed by atoms with Crippen LogP contribution in [0.5, 0.6) is 0 Å². The Bertz CT molecular complexity index is 963. The summed E-state index contributed by atoms with van der Waals surface area (Å²) >= 11 is 12.2. The topological polar surface area (TPSA) is 35.8 Å². The minimum absolute atomic E-state index is 0.0182. The van der Waals surface area contributed by atoms with Gasteiger partial charge in [-0.05, 0) is 50.3 Å². The van der Waals surface area contributed by atoms with Crippen LogP contribution in [0.3, 0.4) is 0 Å². The monoisotopic (exact) mass is 466 g/mol. The SMILES string of the molecule is C/C=C(Cl)\C=C(\F)C(=C(C)C)[C@@]1(C#N)[C@H](CC(C)(C)C)NC[C@@H]1c1cccc(Cl)c1F. The highest BCUT2D eigenvalue weighted by molar-refractivity contribution is 6.31. The summed E-state index contributed by atoms with van der Waals surface area (Å²) in [6, 6.07) is 6.79. The molecule has 2 nitrogen and oxygen atoms in total. The smallest absolute Gasteiger partial charge is 0.145 e. The number of rotatable bonds is 5. The van der Waals surface area contributed by atoms with E-state index in [2.05, 4.69) is 32.2 Å². The van der Waals surface area contributed by atoms with E-state index in [1.54, 1.807) is 39.0 Å². The summed E-state index contributed by atoms with van der Waals surface area (Å²) < 4.78 is 30.8. The van der Waals surface area contributed by atoms with Crippen molar-refractivity contribution in [2.75, 3.05) is 6.54 Å². The van der Waals surface area contributed by atoms with Crippen molar-refractivity contribution < 1.29 is 8.78 Å². The Kier molecular flexibility index (Phi) is 8.14. The van der Waals surface area contributed by atoms with Crippen molar-refractivity contribution in [1.82, 2.24) is 5.32 Å². The van der Waals surface area contributed by atoms with Crippen LogP contribution in [-0.4, -0.2) is 12.6 Å². The van der Waals surface area contributed by atoms with Gasteiger partial charge in [-0.2, -0.15) is 5.26 Å². The molecule has 1 aliphatic rings. The summed E-state index contributed by atoms with van der Waals surface area (Å²) in [5, 5.41) is 14.2. The lowest BCUT2D eigenvalue weighted by Gasteiger charge is -2.39. The Morgan fingerprint density at radius 3 is 2.52 bits per heavy atom. The molecule has 1 aromatic rings. The molecule has 0 saturated carbocycles. The molecule has 3 atom stereocenters. The van der Waals surface area contributed by atoms with Crippen LogP contribution in [0, 0.1) is 28.0 Å². The molecule has 1 N–H and O–H groups in total. The largest absolute Gasteiger partial charge is 0.311 e. The highest BCUT2D eigenvalue weighted by Gasteiger charge is 2.56. The van der Waals surface area contributed by atoms with Gasteiger partial charge in [-0.3, -0.25) is 0 Å². The average Bonchev–Trinajstić information content (AvgIpc) is 3.00. The maximum absolute atomic E-state index is 15.7. The lowest BCUT2D eigenvalue weighted by Crippen LogP contribution is -2.42. The van der Waals surface area contributed by atoms with Gasteiger partial charge in [0, 0.05) is 29.1 Å². The van der Waals surface area contributed by atoms with E-state index in [4.69, 9.17) is 23.2 Å². The minimum atomic E-state index is -1.34. The highest BCUT2D eigenvalue weighted by Crippen LogP contribution is 2.54. The third-order valence-corrected chi connectivity index (χ3v) is 6.34. The Labute approximate surface area is 194 Å². The first-order chi connectivity index (χ1) is 14.4. The number of nitrogens with zero attached hydrogens (tertiary/aromatic N) is 1. The van der Waals surface area contributed by atoms with Gasteiger partial charge in [0.25, 0.3) is 0 Å². The van der Waals surface area contributed by atoms with E-state index in [1.807, 2.05) is 0 Å². The molecule has 2 rings (SSSR count). The van der Waals surface area contributed by atoms with E-state index in [9.17, 15) is 5.26 Å². The molecule has 1 saturated heterocycles. The number of nitriles is 1. The first-order valence-corrected chi connectivity index (χ1v) is 11.1. The second kappa shape index (κ2) is 9.86. The van der Waals surface area contributed by atoms with E-state index < -0.39 is 29.0 Å². The van der Waals surface area contributed by atoms with Crippen molar-refractivity contribution in [3.63, 3.8) is 0 Å². The van der Waals surface area contributed by atoms with Crippen molar-refractivity contribution in [3.8, 4) is 6.07 Å². The fraction of sp³-hybridized carbons (Fsp3) is 0.480. The molecule has 1 heterocycles. The normalized spacial score (nSPS) is 24.8. The molecule has 31 heavy (non-hydrogen) atoms. The molecule has 1 aromatic carbocycles. The Morgan fingerprint density at radius 2 is 2.00 bits per heavy atom. The van der Waals surface area contributed by atoms with Gasteiger partial charge in [0.2, 0.25) is 0 Å². The van der Waals surface area contributed by atoms with Crippen LogP contribution in [0.1, 0.15) is 59.4 Å². The zero-order valence-corrected chi connectivity index (χ0v) is 20.4. The van der Waals surface area contributed by atoms with Gasteiger partial charge in [-0.15, -0.1) is 0 Å². The van der Waals surface area contributed by atoms with Gasteiger partial charge in [-0.25, -0.2) is 8.78 Å². The molecular formula is C25H30Cl2F2N2. The van der Waals surface area contributed by atoms with Gasteiger partial charge in [0.05, 0.1) is 11.1 Å². The number of allylic oxidation sites excluding steroid dienone is 5. The predicted molar refractivity (Wildman–Crippen MR) is 125 cm³/mol. The molecule has 0 unspecified atom stereocenters. The quantitative estimate of drug-likeness (QED) is 0.448. The Morgan fingerprint density at radius 1 is 1.35 bits per heavy atom. The van der Waals surface area contributed by atoms with Gasteiger partial charge in [-0.1, -0.05) is 67.8 Å². The van der Waals surface area contributed by atoms with Crippen LogP contribution < -0.4 is 5.32 Å². The summed E-state index contributed by atoms with van der Waals surface area (Å²) in [6.45, 7) is 11.8. The van der Waals surface area contributed by atoms with E-state index >= 15 is 8.78 Å². The van der Waals surface area contributed by atoms with Gasteiger partial charge in [0.1, 0.15) is 17.1 Å². The highest BCUT2D eigenvalue weighted by atomic mass is 35.5. The molecule has 6 heteroatoms. The van der Waals surface area contributed by atoms with Crippen molar-refractivity contribution in [2.24, 2.45) is 10.8 Å². The molecule has 168 valence electrons. The summed E-state index contributed by atoms with van der Waals surface area (Å²) in [4.78, 5) is 0. The third kappa shape index (κ3) is 5.22.